The maximum absolute atomic E-state index is 13.5. The van der Waals surface area contributed by atoms with Crippen molar-refractivity contribution in [2.24, 2.45) is 0 Å². The van der Waals surface area contributed by atoms with Gasteiger partial charge in [-0.25, -0.2) is 8.42 Å². The van der Waals surface area contributed by atoms with Crippen molar-refractivity contribution in [1.29, 1.82) is 0 Å². The normalized spacial score (nSPS) is 14.2. The van der Waals surface area contributed by atoms with Gasteiger partial charge in [-0.2, -0.15) is 0 Å². The Hall–Kier alpha value is -2.54. The third-order valence-electron chi connectivity index (χ3n) is 6.05. The molecule has 1 amide bonds. The summed E-state index contributed by atoms with van der Waals surface area (Å²) in [4.78, 5) is 13.1. The van der Waals surface area contributed by atoms with Crippen LogP contribution in [-0.2, 0) is 27.7 Å². The smallest absolute Gasteiger partial charge is 0.264 e. The number of carbonyl (C=O) groups excluding carboxylic acids is 1. The van der Waals surface area contributed by atoms with Gasteiger partial charge in [-0.05, 0) is 79.6 Å². The molecule has 1 aliphatic carbocycles. The molecule has 1 aliphatic rings. The van der Waals surface area contributed by atoms with Crippen LogP contribution < -0.4 is 9.62 Å². The fourth-order valence-corrected chi connectivity index (χ4v) is 6.11. The first-order valence-electron chi connectivity index (χ1n) is 11.2. The second kappa shape index (κ2) is 10.4. The molecule has 8 heteroatoms. The monoisotopic (exact) mass is 516 g/mol. The summed E-state index contributed by atoms with van der Waals surface area (Å²) in [7, 11) is -4.07. The van der Waals surface area contributed by atoms with Gasteiger partial charge in [0.2, 0.25) is 5.91 Å². The molecule has 0 radical (unpaired) electrons. The first-order chi connectivity index (χ1) is 16.3. The molecule has 0 aromatic heterocycles. The minimum atomic E-state index is -4.07. The van der Waals surface area contributed by atoms with Crippen LogP contribution in [0, 0.1) is 0 Å². The average Bonchev–Trinajstić information content (AvgIpc) is 2.84. The number of anilines is 1. The lowest BCUT2D eigenvalue weighted by molar-refractivity contribution is -0.120. The number of fused-ring (bicyclic) bond motifs is 1. The van der Waals surface area contributed by atoms with Crippen LogP contribution in [0.15, 0.2) is 71.6 Å². The van der Waals surface area contributed by atoms with Crippen LogP contribution >= 0.6 is 23.2 Å². The highest BCUT2D eigenvalue weighted by Crippen LogP contribution is 2.33. The van der Waals surface area contributed by atoms with Gasteiger partial charge in [0, 0.05) is 5.02 Å². The van der Waals surface area contributed by atoms with Crippen molar-refractivity contribution in [1.82, 2.24) is 5.32 Å². The Balaban J connectivity index is 1.60. The maximum Gasteiger partial charge on any atom is 0.264 e. The number of rotatable bonds is 7. The lowest BCUT2D eigenvalue weighted by Crippen LogP contribution is -2.41. The van der Waals surface area contributed by atoms with E-state index in [0.717, 1.165) is 22.7 Å². The van der Waals surface area contributed by atoms with E-state index in [1.807, 2.05) is 13.0 Å². The molecule has 0 fully saturated rings. The Labute approximate surface area is 210 Å². The van der Waals surface area contributed by atoms with E-state index in [1.54, 1.807) is 24.3 Å². The predicted octanol–water partition coefficient (Wildman–Crippen LogP) is 5.94. The van der Waals surface area contributed by atoms with Crippen LogP contribution in [0.1, 0.15) is 42.5 Å². The van der Waals surface area contributed by atoms with Crippen LogP contribution in [0.25, 0.3) is 0 Å². The van der Waals surface area contributed by atoms with Crippen molar-refractivity contribution in [3.8, 4) is 0 Å². The molecule has 0 heterocycles. The zero-order chi connectivity index (χ0) is 24.3. The van der Waals surface area contributed by atoms with Gasteiger partial charge in [-0.15, -0.1) is 0 Å². The van der Waals surface area contributed by atoms with Gasteiger partial charge < -0.3 is 5.32 Å². The van der Waals surface area contributed by atoms with Crippen molar-refractivity contribution in [3.05, 3.63) is 93.5 Å². The minimum absolute atomic E-state index is 0.0570. The Morgan fingerprint density at radius 2 is 1.68 bits per heavy atom. The summed E-state index contributed by atoms with van der Waals surface area (Å²) < 4.78 is 28.0. The molecule has 0 bridgehead atoms. The number of benzene rings is 3. The molecule has 0 unspecified atom stereocenters. The second-order valence-corrected chi connectivity index (χ2v) is 11.2. The summed E-state index contributed by atoms with van der Waals surface area (Å²) in [6, 6.07) is 18.5. The highest BCUT2D eigenvalue weighted by Gasteiger charge is 2.29. The Kier molecular flexibility index (Phi) is 7.51. The maximum atomic E-state index is 13.5. The van der Waals surface area contributed by atoms with Crippen molar-refractivity contribution in [3.63, 3.8) is 0 Å². The zero-order valence-corrected chi connectivity index (χ0v) is 21.1. The zero-order valence-electron chi connectivity index (χ0n) is 18.8. The average molecular weight is 517 g/mol. The Morgan fingerprint density at radius 3 is 2.41 bits per heavy atom. The number of hydrogen-bond acceptors (Lipinski definition) is 3. The third kappa shape index (κ3) is 5.40. The Morgan fingerprint density at radius 1 is 0.971 bits per heavy atom. The van der Waals surface area contributed by atoms with Gasteiger partial charge in [-0.1, -0.05) is 59.6 Å². The SMILES string of the molecule is C[C@@H](NC(=O)CN(c1cc(Cl)ccc1Cl)S(=O)(=O)c1ccccc1)c1ccc2c(c1)CCCC2. The van der Waals surface area contributed by atoms with Crippen LogP contribution in [0.4, 0.5) is 5.69 Å². The highest BCUT2D eigenvalue weighted by molar-refractivity contribution is 7.92. The third-order valence-corrected chi connectivity index (χ3v) is 8.37. The first-order valence-corrected chi connectivity index (χ1v) is 13.4. The van der Waals surface area contributed by atoms with Crippen LogP contribution in [0.3, 0.4) is 0 Å². The quantitative estimate of drug-likeness (QED) is 0.422. The summed E-state index contributed by atoms with van der Waals surface area (Å²) in [5.41, 5.74) is 3.83. The molecular formula is C26H26Cl2N2O3S. The topological polar surface area (TPSA) is 66.5 Å². The largest absolute Gasteiger partial charge is 0.348 e. The predicted molar refractivity (Wildman–Crippen MR) is 137 cm³/mol. The molecule has 4 rings (SSSR count). The van der Waals surface area contributed by atoms with Gasteiger partial charge in [-0.3, -0.25) is 9.10 Å². The van der Waals surface area contributed by atoms with Gasteiger partial charge in [0.15, 0.2) is 0 Å². The number of nitrogens with zero attached hydrogens (tertiary/aromatic N) is 1. The molecule has 1 atom stereocenters. The number of nitrogens with one attached hydrogen (secondary N) is 1. The first kappa shape index (κ1) is 24.6. The number of aryl methyl sites for hydroxylation is 2. The van der Waals surface area contributed by atoms with Crippen LogP contribution in [-0.4, -0.2) is 20.9 Å². The molecule has 0 saturated carbocycles. The van der Waals surface area contributed by atoms with Crippen molar-refractivity contribution >= 4 is 44.8 Å². The molecule has 0 saturated heterocycles. The lowest BCUT2D eigenvalue weighted by atomic mass is 9.89. The van der Waals surface area contributed by atoms with E-state index in [9.17, 15) is 13.2 Å². The molecule has 3 aromatic rings. The molecular weight excluding hydrogens is 491 g/mol. The van der Waals surface area contributed by atoms with E-state index in [0.29, 0.717) is 5.02 Å². The number of sulfonamides is 1. The minimum Gasteiger partial charge on any atom is -0.348 e. The summed E-state index contributed by atoms with van der Waals surface area (Å²) in [6.45, 7) is 1.46. The highest BCUT2D eigenvalue weighted by atomic mass is 35.5. The summed E-state index contributed by atoms with van der Waals surface area (Å²) in [5.74, 6) is -0.444. The lowest BCUT2D eigenvalue weighted by Gasteiger charge is -2.26. The fourth-order valence-electron chi connectivity index (χ4n) is 4.22. The van der Waals surface area contributed by atoms with Crippen LogP contribution in [0.2, 0.25) is 10.0 Å². The molecule has 0 aliphatic heterocycles. The molecule has 0 spiro atoms. The fraction of sp³-hybridized carbons (Fsp3) is 0.269. The second-order valence-electron chi connectivity index (χ2n) is 8.44. The number of halogens is 2. The van der Waals surface area contributed by atoms with E-state index < -0.39 is 22.5 Å². The molecule has 34 heavy (non-hydrogen) atoms. The molecule has 178 valence electrons. The summed E-state index contributed by atoms with van der Waals surface area (Å²) in [6.07, 6.45) is 4.50. The number of carbonyl (C=O) groups is 1. The summed E-state index contributed by atoms with van der Waals surface area (Å²) >= 11 is 12.5. The van der Waals surface area contributed by atoms with E-state index in [1.165, 1.54) is 48.2 Å². The number of hydrogen-bond donors (Lipinski definition) is 1. The van der Waals surface area contributed by atoms with E-state index in [2.05, 4.69) is 17.4 Å². The van der Waals surface area contributed by atoms with Crippen molar-refractivity contribution in [2.45, 2.75) is 43.5 Å². The van der Waals surface area contributed by atoms with Crippen LogP contribution in [0.5, 0.6) is 0 Å². The summed E-state index contributed by atoms with van der Waals surface area (Å²) in [5, 5.41) is 3.44. The van der Waals surface area contributed by atoms with E-state index in [-0.39, 0.29) is 21.6 Å². The van der Waals surface area contributed by atoms with Gasteiger partial charge in [0.25, 0.3) is 10.0 Å². The van der Waals surface area contributed by atoms with Crippen molar-refractivity contribution in [2.75, 3.05) is 10.8 Å². The van der Waals surface area contributed by atoms with E-state index in [4.69, 9.17) is 23.2 Å². The Bertz CT molecular complexity index is 1300. The van der Waals surface area contributed by atoms with Gasteiger partial charge in [0.05, 0.1) is 21.6 Å². The van der Waals surface area contributed by atoms with Gasteiger partial charge in [0.1, 0.15) is 6.54 Å². The standard InChI is InChI=1S/C26H26Cl2N2O3S/c1-18(20-12-11-19-7-5-6-8-21(19)15-20)29-26(31)17-30(25-16-22(27)13-14-24(25)28)34(32,33)23-9-3-2-4-10-23/h2-4,9-16,18H,5-8,17H2,1H3,(H,29,31)/t18-/m1/s1. The molecule has 1 N–H and O–H groups in total. The van der Waals surface area contributed by atoms with E-state index >= 15 is 0 Å². The van der Waals surface area contributed by atoms with Gasteiger partial charge >= 0.3 is 0 Å². The number of amides is 1. The molecule has 3 aromatic carbocycles. The molecule has 5 nitrogen and oxygen atoms in total. The van der Waals surface area contributed by atoms with Crippen molar-refractivity contribution < 1.29 is 13.2 Å².